The van der Waals surface area contributed by atoms with E-state index < -0.39 is 8.03 Å². The molecule has 2 nitrogen and oxygen atoms in total. The number of unbranched alkanes of at least 4 members (excludes halogenated alkanes) is 2. The number of hydrogen-bond acceptors (Lipinski definition) is 2. The molecule has 1 aromatic carbocycles. The fourth-order valence-corrected chi connectivity index (χ4v) is 2.82. The third-order valence-corrected chi connectivity index (χ3v) is 4.13. The lowest BCUT2D eigenvalue weighted by Crippen LogP contribution is -1.90. The molecule has 0 amide bonds. The maximum atomic E-state index is 11.7. The molecule has 0 heterocycles. The zero-order valence-corrected chi connectivity index (χ0v) is 12.5. The first kappa shape index (κ1) is 15.5. The van der Waals surface area contributed by atoms with Crippen molar-refractivity contribution in [2.24, 2.45) is 5.92 Å². The number of rotatable bonds is 9. The summed E-state index contributed by atoms with van der Waals surface area (Å²) in [6.07, 6.45) is 5.44. The van der Waals surface area contributed by atoms with Crippen LogP contribution in [0.1, 0.15) is 45.1 Å². The molecule has 0 saturated carbocycles. The van der Waals surface area contributed by atoms with Gasteiger partial charge in [-0.15, -0.1) is 0 Å². The van der Waals surface area contributed by atoms with E-state index in [4.69, 9.17) is 4.52 Å². The van der Waals surface area contributed by atoms with Gasteiger partial charge in [0.2, 0.25) is 0 Å². The summed E-state index contributed by atoms with van der Waals surface area (Å²) in [5, 5.41) is 0. The van der Waals surface area contributed by atoms with Crippen molar-refractivity contribution in [1.29, 1.82) is 0 Å². The van der Waals surface area contributed by atoms with Gasteiger partial charge in [0, 0.05) is 6.16 Å². The van der Waals surface area contributed by atoms with Crippen LogP contribution in [0.15, 0.2) is 30.3 Å². The predicted octanol–water partition coefficient (Wildman–Crippen LogP) is 4.89. The molecule has 0 aliphatic rings. The molecular formula is C15H25O2P. The van der Waals surface area contributed by atoms with Gasteiger partial charge < -0.3 is 4.52 Å². The zero-order valence-electron chi connectivity index (χ0n) is 11.5. The molecule has 0 N–H and O–H groups in total. The Morgan fingerprint density at radius 1 is 1.11 bits per heavy atom. The van der Waals surface area contributed by atoms with Crippen molar-refractivity contribution in [1.82, 2.24) is 0 Å². The first-order chi connectivity index (χ1) is 8.68. The molecule has 18 heavy (non-hydrogen) atoms. The second kappa shape index (κ2) is 9.35. The van der Waals surface area contributed by atoms with Crippen LogP contribution in [0, 0.1) is 5.92 Å². The van der Waals surface area contributed by atoms with Gasteiger partial charge in [0.1, 0.15) is 0 Å². The van der Waals surface area contributed by atoms with Gasteiger partial charge in [0.25, 0.3) is 0 Å². The average Bonchev–Trinajstić information content (AvgIpc) is 2.37. The van der Waals surface area contributed by atoms with Crippen molar-refractivity contribution < 1.29 is 9.09 Å². The molecular weight excluding hydrogens is 243 g/mol. The minimum absolute atomic E-state index is 0.477. The van der Waals surface area contributed by atoms with Crippen molar-refractivity contribution >= 4 is 8.03 Å². The van der Waals surface area contributed by atoms with E-state index in [0.717, 1.165) is 24.1 Å². The number of hydrogen-bond donors (Lipinski definition) is 0. The fourth-order valence-electron chi connectivity index (χ4n) is 1.81. The lowest BCUT2D eigenvalue weighted by molar-refractivity contribution is 0.318. The summed E-state index contributed by atoms with van der Waals surface area (Å²) in [5.74, 6) is 0.774. The van der Waals surface area contributed by atoms with E-state index in [1.165, 1.54) is 19.3 Å². The van der Waals surface area contributed by atoms with E-state index in [2.05, 4.69) is 13.8 Å². The molecule has 0 spiro atoms. The lowest BCUT2D eigenvalue weighted by atomic mass is 10.1. The molecule has 0 fully saturated rings. The Morgan fingerprint density at radius 2 is 1.83 bits per heavy atom. The van der Waals surface area contributed by atoms with Gasteiger partial charge in [-0.2, -0.15) is 0 Å². The van der Waals surface area contributed by atoms with Crippen molar-refractivity contribution in [3.63, 3.8) is 0 Å². The van der Waals surface area contributed by atoms with Crippen LogP contribution in [0.4, 0.5) is 0 Å². The summed E-state index contributed by atoms with van der Waals surface area (Å²) in [7, 11) is -1.84. The van der Waals surface area contributed by atoms with Gasteiger partial charge >= 0.3 is 0 Å². The van der Waals surface area contributed by atoms with Gasteiger partial charge in [0.05, 0.1) is 6.61 Å². The normalized spacial score (nSPS) is 12.8. The zero-order chi connectivity index (χ0) is 13.2. The molecule has 3 heteroatoms. The second-order valence-corrected chi connectivity index (χ2v) is 6.67. The maximum Gasteiger partial charge on any atom is 0.191 e. The van der Waals surface area contributed by atoms with Crippen LogP contribution in [0.3, 0.4) is 0 Å². The molecule has 0 radical (unpaired) electrons. The minimum Gasteiger partial charge on any atom is -0.326 e. The van der Waals surface area contributed by atoms with Crippen molar-refractivity contribution in [3.05, 3.63) is 35.9 Å². The van der Waals surface area contributed by atoms with E-state index in [1.54, 1.807) is 0 Å². The molecule has 0 aliphatic heterocycles. The maximum absolute atomic E-state index is 11.7. The monoisotopic (exact) mass is 268 g/mol. The summed E-state index contributed by atoms with van der Waals surface area (Å²) >= 11 is 0. The quantitative estimate of drug-likeness (QED) is 0.470. The van der Waals surface area contributed by atoms with Crippen LogP contribution >= 0.6 is 8.03 Å². The summed E-state index contributed by atoms with van der Waals surface area (Å²) in [5.41, 5.74) is 1.09. The Morgan fingerprint density at radius 3 is 2.50 bits per heavy atom. The van der Waals surface area contributed by atoms with E-state index >= 15 is 0 Å². The predicted molar refractivity (Wildman–Crippen MR) is 78.4 cm³/mol. The molecule has 1 unspecified atom stereocenters. The Kier molecular flexibility index (Phi) is 8.04. The smallest absolute Gasteiger partial charge is 0.191 e. The van der Waals surface area contributed by atoms with E-state index in [-0.39, 0.29) is 0 Å². The molecule has 1 rings (SSSR count). The van der Waals surface area contributed by atoms with Crippen LogP contribution < -0.4 is 0 Å². The standard InChI is InChI=1S/C15H25O2P/c1-14(2)9-5-4-8-12-18(16)17-13-15-10-6-3-7-11-15/h3,6-7,10-11,14,18H,4-5,8-9,12-13H2,1-2H3. The van der Waals surface area contributed by atoms with Crippen molar-refractivity contribution in [2.75, 3.05) is 6.16 Å². The highest BCUT2D eigenvalue weighted by Crippen LogP contribution is 2.26. The first-order valence-corrected chi connectivity index (χ1v) is 8.40. The molecule has 1 atom stereocenters. The van der Waals surface area contributed by atoms with Crippen molar-refractivity contribution in [3.8, 4) is 0 Å². The second-order valence-electron chi connectivity index (χ2n) is 5.14. The van der Waals surface area contributed by atoms with Gasteiger partial charge in [-0.25, -0.2) is 0 Å². The Balaban J connectivity index is 2.04. The van der Waals surface area contributed by atoms with Crippen LogP contribution in [-0.4, -0.2) is 6.16 Å². The Labute approximate surface area is 112 Å². The van der Waals surface area contributed by atoms with E-state index in [1.807, 2.05) is 30.3 Å². The van der Waals surface area contributed by atoms with Gasteiger partial charge in [-0.3, -0.25) is 4.57 Å². The Hall–Kier alpha value is -0.590. The highest BCUT2D eigenvalue weighted by Gasteiger charge is 2.01. The summed E-state index contributed by atoms with van der Waals surface area (Å²) < 4.78 is 17.1. The average molecular weight is 268 g/mol. The number of benzene rings is 1. The molecule has 0 aromatic heterocycles. The van der Waals surface area contributed by atoms with Crippen LogP contribution in [0.25, 0.3) is 0 Å². The van der Waals surface area contributed by atoms with Crippen LogP contribution in [0.2, 0.25) is 0 Å². The molecule has 0 aliphatic carbocycles. The topological polar surface area (TPSA) is 26.3 Å². The van der Waals surface area contributed by atoms with Gasteiger partial charge in [-0.05, 0) is 17.9 Å². The SMILES string of the molecule is CC(C)CCCCC[PH](=O)OCc1ccccc1. The lowest BCUT2D eigenvalue weighted by Gasteiger charge is -2.06. The highest BCUT2D eigenvalue weighted by molar-refractivity contribution is 7.39. The third-order valence-electron chi connectivity index (χ3n) is 2.91. The molecule has 0 bridgehead atoms. The Bertz CT molecular complexity index is 336. The summed E-state index contributed by atoms with van der Waals surface area (Å²) in [6.45, 7) is 4.96. The van der Waals surface area contributed by atoms with Crippen molar-refractivity contribution in [2.45, 2.75) is 46.1 Å². The molecule has 102 valence electrons. The summed E-state index contributed by atoms with van der Waals surface area (Å²) in [4.78, 5) is 0. The first-order valence-electron chi connectivity index (χ1n) is 6.88. The fraction of sp³-hybridized carbons (Fsp3) is 0.600. The van der Waals surface area contributed by atoms with Gasteiger partial charge in [0.15, 0.2) is 8.03 Å². The van der Waals surface area contributed by atoms with Crippen LogP contribution in [-0.2, 0) is 15.7 Å². The molecule has 1 aromatic rings. The van der Waals surface area contributed by atoms with Gasteiger partial charge in [-0.1, -0.05) is 63.4 Å². The minimum atomic E-state index is -1.84. The summed E-state index contributed by atoms with van der Waals surface area (Å²) in [6, 6.07) is 9.92. The van der Waals surface area contributed by atoms with Crippen LogP contribution in [0.5, 0.6) is 0 Å². The van der Waals surface area contributed by atoms with E-state index in [9.17, 15) is 4.57 Å². The van der Waals surface area contributed by atoms with E-state index in [0.29, 0.717) is 6.61 Å². The third kappa shape index (κ3) is 7.68. The largest absolute Gasteiger partial charge is 0.326 e. The molecule has 0 saturated heterocycles. The highest BCUT2D eigenvalue weighted by atomic mass is 31.1.